The van der Waals surface area contributed by atoms with Gasteiger partial charge in [-0.1, -0.05) is 0 Å². The normalized spacial score (nSPS) is 11.2. The molecule has 0 saturated carbocycles. The molecule has 0 spiro atoms. The van der Waals surface area contributed by atoms with Gasteiger partial charge in [0.25, 0.3) is 5.91 Å². The summed E-state index contributed by atoms with van der Waals surface area (Å²) < 4.78 is 5.23. The molecule has 0 unspecified atom stereocenters. The molecule has 1 amide bonds. The zero-order valence-electron chi connectivity index (χ0n) is 9.15. The smallest absolute Gasteiger partial charge is 0.329 e. The number of amides is 1. The Labute approximate surface area is 101 Å². The third kappa shape index (κ3) is 2.11. The third-order valence-corrected chi connectivity index (χ3v) is 3.13. The Balaban J connectivity index is 3.00. The van der Waals surface area contributed by atoms with Crippen LogP contribution in [0.4, 0.5) is 0 Å². The highest BCUT2D eigenvalue weighted by Crippen LogP contribution is 2.22. The maximum Gasteiger partial charge on any atom is 0.329 e. The number of halogens is 1. The van der Waals surface area contributed by atoms with E-state index in [0.29, 0.717) is 10.2 Å². The predicted molar refractivity (Wildman–Crippen MR) is 60.2 cm³/mol. The highest BCUT2D eigenvalue weighted by Gasteiger charge is 2.36. The molecule has 0 saturated heterocycles. The quantitative estimate of drug-likeness (QED) is 0.924. The molecular weight excluding hydrogens is 278 g/mol. The van der Waals surface area contributed by atoms with E-state index in [-0.39, 0.29) is 0 Å². The molecule has 0 atom stereocenters. The minimum atomic E-state index is -1.27. The molecule has 16 heavy (non-hydrogen) atoms. The van der Waals surface area contributed by atoms with Crippen LogP contribution in [0.2, 0.25) is 0 Å². The Bertz CT molecular complexity index is 424. The number of hydrogen-bond acceptors (Lipinski definition) is 3. The second kappa shape index (κ2) is 4.29. The molecule has 0 bridgehead atoms. The first kappa shape index (κ1) is 12.8. The number of aliphatic carboxylic acids is 1. The van der Waals surface area contributed by atoms with E-state index in [2.05, 4.69) is 15.9 Å². The van der Waals surface area contributed by atoms with Crippen molar-refractivity contribution in [1.29, 1.82) is 0 Å². The van der Waals surface area contributed by atoms with Gasteiger partial charge in [0, 0.05) is 7.05 Å². The Morgan fingerprint density at radius 2 is 2.06 bits per heavy atom. The SMILES string of the molecule is CN(C(=O)c1ccoc1Br)C(C)(C)C(=O)O. The maximum atomic E-state index is 12.0. The number of likely N-dealkylation sites (N-methyl/N-ethyl adjacent to an activating group) is 1. The molecule has 0 aliphatic carbocycles. The molecule has 1 aromatic heterocycles. The molecule has 0 aliphatic rings. The number of carboxylic acids is 1. The zero-order chi connectivity index (χ0) is 12.5. The van der Waals surface area contributed by atoms with E-state index in [1.54, 1.807) is 0 Å². The fraction of sp³-hybridized carbons (Fsp3) is 0.400. The first-order chi connectivity index (χ1) is 7.28. The van der Waals surface area contributed by atoms with Crippen LogP contribution in [0.5, 0.6) is 0 Å². The maximum absolute atomic E-state index is 12.0. The van der Waals surface area contributed by atoms with Crippen LogP contribution < -0.4 is 0 Å². The van der Waals surface area contributed by atoms with Gasteiger partial charge in [-0.2, -0.15) is 0 Å². The van der Waals surface area contributed by atoms with Crippen molar-refractivity contribution in [1.82, 2.24) is 4.90 Å². The van der Waals surface area contributed by atoms with Gasteiger partial charge >= 0.3 is 5.97 Å². The molecule has 1 rings (SSSR count). The van der Waals surface area contributed by atoms with E-state index in [1.165, 1.54) is 33.2 Å². The summed E-state index contributed by atoms with van der Waals surface area (Å²) in [6.45, 7) is 2.92. The average Bonchev–Trinajstić information content (AvgIpc) is 2.61. The summed E-state index contributed by atoms with van der Waals surface area (Å²) in [6, 6.07) is 1.49. The molecule has 1 aromatic rings. The molecule has 0 fully saturated rings. The van der Waals surface area contributed by atoms with E-state index >= 15 is 0 Å². The van der Waals surface area contributed by atoms with Gasteiger partial charge in [0.15, 0.2) is 4.67 Å². The van der Waals surface area contributed by atoms with Gasteiger partial charge in [0.05, 0.1) is 11.8 Å². The van der Waals surface area contributed by atoms with E-state index in [9.17, 15) is 9.59 Å². The molecule has 6 heteroatoms. The summed E-state index contributed by atoms with van der Waals surface area (Å²) in [6.07, 6.45) is 1.36. The fourth-order valence-electron chi connectivity index (χ4n) is 1.02. The van der Waals surface area contributed by atoms with Crippen LogP contribution in [0.1, 0.15) is 24.2 Å². The summed E-state index contributed by atoms with van der Waals surface area (Å²) in [5.41, 5.74) is -0.967. The van der Waals surface area contributed by atoms with Gasteiger partial charge < -0.3 is 14.4 Å². The molecule has 5 nitrogen and oxygen atoms in total. The molecule has 0 radical (unpaired) electrons. The Kier molecular flexibility index (Phi) is 3.42. The van der Waals surface area contributed by atoms with Crippen molar-refractivity contribution < 1.29 is 19.1 Å². The van der Waals surface area contributed by atoms with E-state index in [4.69, 9.17) is 9.52 Å². The molecule has 0 aromatic carbocycles. The molecule has 1 N–H and O–H groups in total. The van der Waals surface area contributed by atoms with Crippen molar-refractivity contribution >= 4 is 27.8 Å². The predicted octanol–water partition coefficient (Wildman–Crippen LogP) is 1.98. The molecule has 88 valence electrons. The Morgan fingerprint density at radius 3 is 2.44 bits per heavy atom. The van der Waals surface area contributed by atoms with Crippen molar-refractivity contribution in [2.24, 2.45) is 0 Å². The Morgan fingerprint density at radius 1 is 1.50 bits per heavy atom. The lowest BCUT2D eigenvalue weighted by Gasteiger charge is -2.31. The van der Waals surface area contributed by atoms with E-state index in [0.717, 1.165) is 4.90 Å². The highest BCUT2D eigenvalue weighted by molar-refractivity contribution is 9.10. The van der Waals surface area contributed by atoms with E-state index in [1.807, 2.05) is 0 Å². The third-order valence-electron chi connectivity index (χ3n) is 2.51. The van der Waals surface area contributed by atoms with Gasteiger partial charge in [-0.25, -0.2) is 4.79 Å². The fourth-order valence-corrected chi connectivity index (χ4v) is 1.43. The number of carbonyl (C=O) groups is 2. The van der Waals surface area contributed by atoms with Crippen LogP contribution in [0.3, 0.4) is 0 Å². The summed E-state index contributed by atoms with van der Waals surface area (Å²) in [5, 5.41) is 9.00. The van der Waals surface area contributed by atoms with Crippen molar-refractivity contribution in [2.75, 3.05) is 7.05 Å². The van der Waals surface area contributed by atoms with Crippen LogP contribution in [-0.4, -0.2) is 34.5 Å². The summed E-state index contributed by atoms with van der Waals surface area (Å²) in [7, 11) is 1.44. The van der Waals surface area contributed by atoms with Crippen molar-refractivity contribution in [3.05, 3.63) is 22.6 Å². The minimum absolute atomic E-state index is 0.297. The van der Waals surface area contributed by atoms with Crippen molar-refractivity contribution in [3.8, 4) is 0 Å². The number of carbonyl (C=O) groups excluding carboxylic acids is 1. The minimum Gasteiger partial charge on any atom is -0.480 e. The first-order valence-electron chi connectivity index (χ1n) is 4.53. The summed E-state index contributed by atoms with van der Waals surface area (Å²) in [4.78, 5) is 24.1. The largest absolute Gasteiger partial charge is 0.480 e. The second-order valence-corrected chi connectivity index (χ2v) is 4.56. The van der Waals surface area contributed by atoms with Gasteiger partial charge in [-0.15, -0.1) is 0 Å². The number of furan rings is 1. The first-order valence-corrected chi connectivity index (χ1v) is 5.32. The number of nitrogens with zero attached hydrogens (tertiary/aromatic N) is 1. The lowest BCUT2D eigenvalue weighted by molar-refractivity contribution is -0.147. The number of carboxylic acid groups (broad SMARTS) is 1. The molecule has 1 heterocycles. The number of hydrogen-bond donors (Lipinski definition) is 1. The van der Waals surface area contributed by atoms with Crippen molar-refractivity contribution in [2.45, 2.75) is 19.4 Å². The van der Waals surface area contributed by atoms with Crippen LogP contribution in [0.25, 0.3) is 0 Å². The van der Waals surface area contributed by atoms with Crippen LogP contribution in [-0.2, 0) is 4.79 Å². The molecular formula is C10H12BrNO4. The van der Waals surface area contributed by atoms with Gasteiger partial charge in [-0.3, -0.25) is 4.79 Å². The van der Waals surface area contributed by atoms with Crippen molar-refractivity contribution in [3.63, 3.8) is 0 Å². The Hall–Kier alpha value is -1.30. The van der Waals surface area contributed by atoms with Gasteiger partial charge in [-0.05, 0) is 35.8 Å². The topological polar surface area (TPSA) is 70.8 Å². The molecule has 0 aliphatic heterocycles. The summed E-state index contributed by atoms with van der Waals surface area (Å²) in [5.74, 6) is -1.48. The standard InChI is InChI=1S/C10H12BrNO4/c1-10(2,9(14)15)12(3)8(13)6-4-5-16-7(6)11/h4-5H,1-3H3,(H,14,15). The van der Waals surface area contributed by atoms with Crippen LogP contribution >= 0.6 is 15.9 Å². The van der Waals surface area contributed by atoms with Crippen LogP contribution in [0.15, 0.2) is 21.4 Å². The monoisotopic (exact) mass is 289 g/mol. The summed E-state index contributed by atoms with van der Waals surface area (Å²) >= 11 is 3.08. The lowest BCUT2D eigenvalue weighted by atomic mass is 10.0. The highest BCUT2D eigenvalue weighted by atomic mass is 79.9. The van der Waals surface area contributed by atoms with Gasteiger partial charge in [0.1, 0.15) is 5.54 Å². The average molecular weight is 290 g/mol. The van der Waals surface area contributed by atoms with Gasteiger partial charge in [0.2, 0.25) is 0 Å². The van der Waals surface area contributed by atoms with E-state index < -0.39 is 17.4 Å². The van der Waals surface area contributed by atoms with Crippen LogP contribution in [0, 0.1) is 0 Å². The zero-order valence-corrected chi connectivity index (χ0v) is 10.7. The lowest BCUT2D eigenvalue weighted by Crippen LogP contribution is -2.50. The number of rotatable bonds is 3. The second-order valence-electron chi connectivity index (χ2n) is 3.84.